The molecular weight excluding hydrogens is 392 g/mol. The molecule has 0 atom stereocenters. The first-order valence-electron chi connectivity index (χ1n) is 10.3. The second kappa shape index (κ2) is 9.75. The fourth-order valence-electron chi connectivity index (χ4n) is 3.52. The van der Waals surface area contributed by atoms with Gasteiger partial charge >= 0.3 is 0 Å². The largest absolute Gasteiger partial charge is 0.358 e. The maximum Gasteiger partial charge on any atom is 0.128 e. The number of hydrogen-bond donors (Lipinski definition) is 0. The average molecular weight is 417 g/mol. The molecule has 0 N–H and O–H groups in total. The first kappa shape index (κ1) is 20.4. The Morgan fingerprint density at radius 1 is 0.900 bits per heavy atom. The highest BCUT2D eigenvalue weighted by atomic mass is 35.5. The third-order valence-corrected chi connectivity index (χ3v) is 5.62. The number of pyridine rings is 2. The van der Waals surface area contributed by atoms with E-state index in [0.717, 1.165) is 46.3 Å². The van der Waals surface area contributed by atoms with Crippen molar-refractivity contribution in [2.24, 2.45) is 0 Å². The molecule has 1 aromatic carbocycles. The van der Waals surface area contributed by atoms with Gasteiger partial charge in [-0.2, -0.15) is 0 Å². The number of anilines is 1. The molecule has 1 aliphatic heterocycles. The molecule has 30 heavy (non-hydrogen) atoms. The normalized spacial score (nSPS) is 13.7. The van der Waals surface area contributed by atoms with E-state index in [4.69, 9.17) is 11.6 Å². The smallest absolute Gasteiger partial charge is 0.128 e. The Morgan fingerprint density at radius 2 is 1.67 bits per heavy atom. The summed E-state index contributed by atoms with van der Waals surface area (Å²) in [5.41, 5.74) is 3.75. The van der Waals surface area contributed by atoms with Crippen molar-refractivity contribution < 1.29 is 0 Å². The number of rotatable bonds is 5. The molecule has 0 unspecified atom stereocenters. The molecule has 0 aliphatic carbocycles. The van der Waals surface area contributed by atoms with E-state index in [1.165, 1.54) is 25.9 Å². The Labute approximate surface area is 183 Å². The summed E-state index contributed by atoms with van der Waals surface area (Å²) in [6.45, 7) is 4.54. The van der Waals surface area contributed by atoms with Crippen molar-refractivity contribution in [3.8, 4) is 23.0 Å². The Hall–Kier alpha value is -2.87. The predicted molar refractivity (Wildman–Crippen MR) is 124 cm³/mol. The highest BCUT2D eigenvalue weighted by Crippen LogP contribution is 2.20. The lowest BCUT2D eigenvalue weighted by Gasteiger charge is -2.22. The molecule has 0 bridgehead atoms. The van der Waals surface area contributed by atoms with E-state index < -0.39 is 0 Å². The van der Waals surface area contributed by atoms with Crippen LogP contribution in [0, 0.1) is 11.8 Å². The Kier molecular flexibility index (Phi) is 6.63. The van der Waals surface area contributed by atoms with Crippen molar-refractivity contribution in [1.29, 1.82) is 0 Å². The van der Waals surface area contributed by atoms with Crippen LogP contribution in [0.1, 0.15) is 24.1 Å². The van der Waals surface area contributed by atoms with Crippen molar-refractivity contribution in [3.63, 3.8) is 0 Å². The summed E-state index contributed by atoms with van der Waals surface area (Å²) in [6.07, 6.45) is 6.32. The van der Waals surface area contributed by atoms with E-state index in [1.54, 1.807) is 0 Å². The van der Waals surface area contributed by atoms with Gasteiger partial charge in [0.25, 0.3) is 0 Å². The minimum absolute atomic E-state index is 0.728. The number of likely N-dealkylation sites (N-methyl/N-ethyl adjacent to an activating group) is 1. The maximum absolute atomic E-state index is 5.95. The van der Waals surface area contributed by atoms with Gasteiger partial charge in [-0.3, -0.25) is 0 Å². The highest BCUT2D eigenvalue weighted by molar-refractivity contribution is 6.30. The summed E-state index contributed by atoms with van der Waals surface area (Å²) in [5, 5.41) is 0.728. The highest BCUT2D eigenvalue weighted by Gasteiger charge is 2.12. The van der Waals surface area contributed by atoms with Crippen LogP contribution in [0.2, 0.25) is 5.02 Å². The lowest BCUT2D eigenvalue weighted by atomic mass is 10.1. The topological polar surface area (TPSA) is 32.3 Å². The SMILES string of the molecule is CN(CCN1CCCC1)c1ccc(C#Cc2ccc(-c3ccc(Cl)cc3)cn2)cn1. The summed E-state index contributed by atoms with van der Waals surface area (Å²) in [6, 6.07) is 15.7. The number of likely N-dealkylation sites (tertiary alicyclic amines) is 1. The molecule has 3 heterocycles. The fraction of sp³-hybridized carbons (Fsp3) is 0.280. The molecule has 0 saturated carbocycles. The van der Waals surface area contributed by atoms with Crippen molar-refractivity contribution in [2.75, 3.05) is 38.1 Å². The standard InChI is InChI=1S/C25H25ClN4/c1-29(16-17-30-14-2-3-15-30)25-13-5-20(18-28-25)4-11-24-12-8-22(19-27-24)21-6-9-23(26)10-7-21/h5-10,12-13,18-19H,2-3,14-17H2,1H3. The molecule has 0 radical (unpaired) electrons. The van der Waals surface area contributed by atoms with Crippen LogP contribution in [0.5, 0.6) is 0 Å². The Balaban J connectivity index is 1.36. The first-order chi connectivity index (χ1) is 14.7. The summed E-state index contributed by atoms with van der Waals surface area (Å²) in [5.74, 6) is 7.25. The van der Waals surface area contributed by atoms with Crippen LogP contribution < -0.4 is 4.90 Å². The van der Waals surface area contributed by atoms with Crippen LogP contribution in [-0.2, 0) is 0 Å². The van der Waals surface area contributed by atoms with Crippen molar-refractivity contribution in [2.45, 2.75) is 12.8 Å². The van der Waals surface area contributed by atoms with Crippen LogP contribution in [0.3, 0.4) is 0 Å². The molecule has 3 aromatic rings. The predicted octanol–water partition coefficient (Wildman–Crippen LogP) is 4.73. The molecule has 4 nitrogen and oxygen atoms in total. The second-order valence-electron chi connectivity index (χ2n) is 7.56. The maximum atomic E-state index is 5.95. The van der Waals surface area contributed by atoms with E-state index in [9.17, 15) is 0 Å². The summed E-state index contributed by atoms with van der Waals surface area (Å²) < 4.78 is 0. The molecule has 152 valence electrons. The number of nitrogens with zero attached hydrogens (tertiary/aromatic N) is 4. The van der Waals surface area contributed by atoms with Gasteiger partial charge in [0.2, 0.25) is 0 Å². The van der Waals surface area contributed by atoms with Gasteiger partial charge in [-0.25, -0.2) is 9.97 Å². The Bertz CT molecular complexity index is 1010. The third-order valence-electron chi connectivity index (χ3n) is 5.37. The molecule has 5 heteroatoms. The van der Waals surface area contributed by atoms with Gasteiger partial charge in [-0.15, -0.1) is 0 Å². The van der Waals surface area contributed by atoms with E-state index >= 15 is 0 Å². The number of benzene rings is 1. The van der Waals surface area contributed by atoms with Gasteiger partial charge in [-0.1, -0.05) is 35.7 Å². The van der Waals surface area contributed by atoms with Crippen molar-refractivity contribution >= 4 is 17.4 Å². The van der Waals surface area contributed by atoms with Gasteiger partial charge in [0.15, 0.2) is 0 Å². The number of aromatic nitrogens is 2. The monoisotopic (exact) mass is 416 g/mol. The molecular formula is C25H25ClN4. The van der Waals surface area contributed by atoms with Gasteiger partial charge in [-0.05, 0) is 67.7 Å². The van der Waals surface area contributed by atoms with Crippen LogP contribution in [0.15, 0.2) is 60.9 Å². The zero-order valence-corrected chi connectivity index (χ0v) is 17.9. The number of halogens is 1. The zero-order chi connectivity index (χ0) is 20.8. The molecule has 1 aliphatic rings. The average Bonchev–Trinajstić information content (AvgIpc) is 3.31. The lowest BCUT2D eigenvalue weighted by Crippen LogP contribution is -2.31. The fourth-order valence-corrected chi connectivity index (χ4v) is 3.64. The van der Waals surface area contributed by atoms with Crippen LogP contribution in [0.25, 0.3) is 11.1 Å². The van der Waals surface area contributed by atoms with Gasteiger partial charge in [0.05, 0.1) is 0 Å². The van der Waals surface area contributed by atoms with Gasteiger partial charge < -0.3 is 9.80 Å². The molecule has 0 amide bonds. The van der Waals surface area contributed by atoms with Gasteiger partial charge in [0.1, 0.15) is 11.5 Å². The molecule has 4 rings (SSSR count). The van der Waals surface area contributed by atoms with Crippen LogP contribution >= 0.6 is 11.6 Å². The second-order valence-corrected chi connectivity index (χ2v) is 8.00. The molecule has 1 fully saturated rings. The van der Waals surface area contributed by atoms with Gasteiger partial charge in [0, 0.05) is 48.7 Å². The van der Waals surface area contributed by atoms with Crippen LogP contribution in [-0.4, -0.2) is 48.1 Å². The minimum atomic E-state index is 0.728. The summed E-state index contributed by atoms with van der Waals surface area (Å²) >= 11 is 5.95. The molecule has 1 saturated heterocycles. The first-order valence-corrected chi connectivity index (χ1v) is 10.7. The Morgan fingerprint density at radius 3 is 2.33 bits per heavy atom. The van der Waals surface area contributed by atoms with E-state index in [1.807, 2.05) is 60.9 Å². The van der Waals surface area contributed by atoms with Crippen LogP contribution in [0.4, 0.5) is 5.82 Å². The van der Waals surface area contributed by atoms with E-state index in [-0.39, 0.29) is 0 Å². The van der Waals surface area contributed by atoms with Crippen molar-refractivity contribution in [3.05, 3.63) is 77.2 Å². The lowest BCUT2D eigenvalue weighted by molar-refractivity contribution is 0.346. The van der Waals surface area contributed by atoms with E-state index in [2.05, 4.69) is 38.7 Å². The van der Waals surface area contributed by atoms with E-state index in [0.29, 0.717) is 0 Å². The third kappa shape index (κ3) is 5.38. The molecule has 0 spiro atoms. The zero-order valence-electron chi connectivity index (χ0n) is 17.2. The number of hydrogen-bond acceptors (Lipinski definition) is 4. The quantitative estimate of drug-likeness (QED) is 0.563. The summed E-state index contributed by atoms with van der Waals surface area (Å²) in [4.78, 5) is 13.7. The minimum Gasteiger partial charge on any atom is -0.358 e. The molecule has 2 aromatic heterocycles. The van der Waals surface area contributed by atoms with Crippen molar-refractivity contribution in [1.82, 2.24) is 14.9 Å². The summed E-state index contributed by atoms with van der Waals surface area (Å²) in [7, 11) is 2.09.